The molecule has 0 aliphatic heterocycles. The summed E-state index contributed by atoms with van der Waals surface area (Å²) in [6.45, 7) is 3.39. The molecule has 0 atom stereocenters. The summed E-state index contributed by atoms with van der Waals surface area (Å²) in [5, 5.41) is 8.95. The summed E-state index contributed by atoms with van der Waals surface area (Å²) in [4.78, 5) is 10.9. The third kappa shape index (κ3) is 3.27. The number of hydrogen-bond donors (Lipinski definition) is 1. The number of hydrogen-bond acceptors (Lipinski definition) is 1. The molecule has 21 heavy (non-hydrogen) atoms. The molecule has 0 spiro atoms. The lowest BCUT2D eigenvalue weighted by Gasteiger charge is -2.24. The number of carboxylic acids is 1. The molecule has 2 aromatic carbocycles. The largest absolute Gasteiger partial charge is 0.481 e. The van der Waals surface area contributed by atoms with Crippen LogP contribution in [0.3, 0.4) is 0 Å². The van der Waals surface area contributed by atoms with Crippen LogP contribution in [0.5, 0.6) is 0 Å². The second-order valence-electron chi connectivity index (χ2n) is 5.64. The fraction of sp³-hybridized carbons (Fsp3) is 0.235. The molecule has 0 amide bonds. The summed E-state index contributed by atoms with van der Waals surface area (Å²) in [5.74, 6) is -2.87. The van der Waals surface area contributed by atoms with Gasteiger partial charge in [0.05, 0.1) is 6.42 Å². The van der Waals surface area contributed by atoms with E-state index in [1.165, 1.54) is 6.07 Å². The molecule has 0 radical (unpaired) electrons. The normalized spacial score (nSPS) is 11.4. The maximum atomic E-state index is 14.0. The van der Waals surface area contributed by atoms with Crippen LogP contribution in [-0.4, -0.2) is 11.1 Å². The Morgan fingerprint density at radius 2 is 1.76 bits per heavy atom. The number of carbonyl (C=O) groups is 1. The Labute approximate surface area is 122 Å². The van der Waals surface area contributed by atoms with Crippen molar-refractivity contribution in [2.75, 3.05) is 0 Å². The van der Waals surface area contributed by atoms with Crippen LogP contribution in [0.15, 0.2) is 42.5 Å². The van der Waals surface area contributed by atoms with Crippen molar-refractivity contribution in [3.63, 3.8) is 0 Å². The molecule has 0 aliphatic rings. The van der Waals surface area contributed by atoms with Crippen LogP contribution in [0, 0.1) is 11.6 Å². The molecular weight excluding hydrogens is 274 g/mol. The Kier molecular flexibility index (Phi) is 4.07. The Morgan fingerprint density at radius 3 is 2.33 bits per heavy atom. The van der Waals surface area contributed by atoms with Crippen molar-refractivity contribution in [3.8, 4) is 11.1 Å². The fourth-order valence-electron chi connectivity index (χ4n) is 2.29. The Balaban J connectivity index is 2.56. The van der Waals surface area contributed by atoms with Crippen molar-refractivity contribution in [1.82, 2.24) is 0 Å². The van der Waals surface area contributed by atoms with E-state index in [1.807, 2.05) is 0 Å². The van der Waals surface area contributed by atoms with Gasteiger partial charge < -0.3 is 5.11 Å². The quantitative estimate of drug-likeness (QED) is 0.907. The van der Waals surface area contributed by atoms with Gasteiger partial charge in [-0.1, -0.05) is 44.2 Å². The van der Waals surface area contributed by atoms with E-state index in [2.05, 4.69) is 0 Å². The van der Waals surface area contributed by atoms with E-state index in [0.29, 0.717) is 11.1 Å². The topological polar surface area (TPSA) is 37.3 Å². The molecule has 0 aromatic heterocycles. The SMILES string of the molecule is CC(C)(CC(=O)O)c1cc(F)c(F)c(-c2ccccc2)c1. The molecule has 0 saturated heterocycles. The minimum atomic E-state index is -0.981. The summed E-state index contributed by atoms with van der Waals surface area (Å²) in [6.07, 6.45) is -0.160. The zero-order valence-electron chi connectivity index (χ0n) is 11.9. The number of aliphatic carboxylic acids is 1. The van der Waals surface area contributed by atoms with Gasteiger partial charge >= 0.3 is 5.97 Å². The summed E-state index contributed by atoms with van der Waals surface area (Å²) in [5.41, 5.74) is 0.373. The predicted molar refractivity (Wildman–Crippen MR) is 77.1 cm³/mol. The van der Waals surface area contributed by atoms with Crippen LogP contribution in [-0.2, 0) is 10.2 Å². The van der Waals surface area contributed by atoms with E-state index in [-0.39, 0.29) is 12.0 Å². The van der Waals surface area contributed by atoms with Gasteiger partial charge in [-0.25, -0.2) is 8.78 Å². The molecule has 1 N–H and O–H groups in total. The van der Waals surface area contributed by atoms with Crippen LogP contribution < -0.4 is 0 Å². The van der Waals surface area contributed by atoms with Gasteiger partial charge in [0, 0.05) is 11.0 Å². The van der Waals surface area contributed by atoms with Gasteiger partial charge in [-0.2, -0.15) is 0 Å². The highest BCUT2D eigenvalue weighted by molar-refractivity contribution is 5.70. The number of benzene rings is 2. The van der Waals surface area contributed by atoms with Crippen molar-refractivity contribution in [2.24, 2.45) is 0 Å². The van der Waals surface area contributed by atoms with Crippen molar-refractivity contribution >= 4 is 5.97 Å². The van der Waals surface area contributed by atoms with Crippen LogP contribution >= 0.6 is 0 Å². The molecule has 0 aliphatic carbocycles. The molecule has 2 rings (SSSR count). The molecule has 0 bridgehead atoms. The second-order valence-corrected chi connectivity index (χ2v) is 5.64. The average molecular weight is 290 g/mol. The van der Waals surface area contributed by atoms with Crippen LogP contribution in [0.25, 0.3) is 11.1 Å². The lowest BCUT2D eigenvalue weighted by molar-refractivity contribution is -0.138. The molecule has 0 fully saturated rings. The van der Waals surface area contributed by atoms with E-state index < -0.39 is 23.0 Å². The molecule has 4 heteroatoms. The van der Waals surface area contributed by atoms with Crippen LogP contribution in [0.4, 0.5) is 8.78 Å². The standard InChI is InChI=1S/C17H16F2O2/c1-17(2,10-15(20)21)12-8-13(16(19)14(18)9-12)11-6-4-3-5-7-11/h3-9H,10H2,1-2H3,(H,20,21). The first-order chi connectivity index (χ1) is 9.81. The molecule has 110 valence electrons. The van der Waals surface area contributed by atoms with Crippen molar-refractivity contribution < 1.29 is 18.7 Å². The minimum absolute atomic E-state index is 0.143. The first kappa shape index (κ1) is 15.2. The third-order valence-corrected chi connectivity index (χ3v) is 3.49. The van der Waals surface area contributed by atoms with Gasteiger partial charge in [0.2, 0.25) is 0 Å². The smallest absolute Gasteiger partial charge is 0.304 e. The van der Waals surface area contributed by atoms with E-state index in [4.69, 9.17) is 5.11 Å². The zero-order chi connectivity index (χ0) is 15.6. The zero-order valence-corrected chi connectivity index (χ0v) is 11.9. The van der Waals surface area contributed by atoms with E-state index in [9.17, 15) is 13.6 Å². The summed E-state index contributed by atoms with van der Waals surface area (Å²) in [7, 11) is 0. The molecular formula is C17H16F2O2. The highest BCUT2D eigenvalue weighted by atomic mass is 19.2. The van der Waals surface area contributed by atoms with Gasteiger partial charge in [0.1, 0.15) is 0 Å². The summed E-state index contributed by atoms with van der Waals surface area (Å²) in [6, 6.07) is 11.2. The molecule has 2 aromatic rings. The summed E-state index contributed by atoms with van der Waals surface area (Å²) < 4.78 is 27.9. The second kappa shape index (κ2) is 5.64. The fourth-order valence-corrected chi connectivity index (χ4v) is 2.29. The number of carboxylic acid groups (broad SMARTS) is 1. The predicted octanol–water partition coefficient (Wildman–Crippen LogP) is 4.38. The van der Waals surface area contributed by atoms with Crippen molar-refractivity contribution in [1.29, 1.82) is 0 Å². The maximum Gasteiger partial charge on any atom is 0.304 e. The van der Waals surface area contributed by atoms with Crippen LogP contribution in [0.1, 0.15) is 25.8 Å². The molecule has 0 saturated carbocycles. The average Bonchev–Trinajstić information content (AvgIpc) is 2.41. The van der Waals surface area contributed by atoms with E-state index >= 15 is 0 Å². The Bertz CT molecular complexity index is 664. The molecule has 2 nitrogen and oxygen atoms in total. The van der Waals surface area contributed by atoms with Crippen molar-refractivity contribution in [3.05, 3.63) is 59.7 Å². The lowest BCUT2D eigenvalue weighted by Crippen LogP contribution is -2.22. The third-order valence-electron chi connectivity index (χ3n) is 3.49. The van der Waals surface area contributed by atoms with E-state index in [0.717, 1.165) is 6.07 Å². The van der Waals surface area contributed by atoms with E-state index in [1.54, 1.807) is 44.2 Å². The Hall–Kier alpha value is -2.23. The van der Waals surface area contributed by atoms with Gasteiger partial charge in [-0.3, -0.25) is 4.79 Å². The van der Waals surface area contributed by atoms with Gasteiger partial charge in [-0.15, -0.1) is 0 Å². The monoisotopic (exact) mass is 290 g/mol. The van der Waals surface area contributed by atoms with Crippen LogP contribution in [0.2, 0.25) is 0 Å². The van der Waals surface area contributed by atoms with Gasteiger partial charge in [-0.05, 0) is 23.3 Å². The number of halogens is 2. The Morgan fingerprint density at radius 1 is 1.14 bits per heavy atom. The highest BCUT2D eigenvalue weighted by Gasteiger charge is 2.26. The van der Waals surface area contributed by atoms with Gasteiger partial charge in [0.15, 0.2) is 11.6 Å². The molecule has 0 unspecified atom stereocenters. The van der Waals surface area contributed by atoms with Crippen molar-refractivity contribution in [2.45, 2.75) is 25.7 Å². The minimum Gasteiger partial charge on any atom is -0.481 e. The summed E-state index contributed by atoms with van der Waals surface area (Å²) >= 11 is 0. The first-order valence-electron chi connectivity index (χ1n) is 6.58. The molecule has 0 heterocycles. The maximum absolute atomic E-state index is 14.0. The van der Waals surface area contributed by atoms with Gasteiger partial charge in [0.25, 0.3) is 0 Å². The highest BCUT2D eigenvalue weighted by Crippen LogP contribution is 2.33. The lowest BCUT2D eigenvalue weighted by atomic mass is 9.80. The first-order valence-corrected chi connectivity index (χ1v) is 6.58. The number of rotatable bonds is 4.